The third-order valence-corrected chi connectivity index (χ3v) is 5.78. The van der Waals surface area contributed by atoms with Gasteiger partial charge in [0, 0.05) is 18.0 Å². The van der Waals surface area contributed by atoms with Gasteiger partial charge in [-0.1, -0.05) is 84.4 Å². The summed E-state index contributed by atoms with van der Waals surface area (Å²) in [4.78, 5) is 33.3. The number of hydrogen-bond donors (Lipinski definition) is 1. The standard InChI is InChI=1S/C28H23ClN4O3/c29-24-15-14-20(18-32-24)19-33(25-13-7-8-16-31-25)27(34)26(22-11-5-2-6-12-22)28(35)36-23(17-30)21-9-3-1-4-10-21/h1-16,18,23-24,26,32H,19H2. The number of aromatic nitrogens is 1. The molecule has 1 aromatic heterocycles. The zero-order chi connectivity index (χ0) is 25.3. The summed E-state index contributed by atoms with van der Waals surface area (Å²) in [5.74, 6) is -2.29. The molecular formula is C28H23ClN4O3. The second-order valence-electron chi connectivity index (χ2n) is 7.96. The van der Waals surface area contributed by atoms with Crippen LogP contribution in [-0.4, -0.2) is 28.9 Å². The van der Waals surface area contributed by atoms with Gasteiger partial charge in [0.25, 0.3) is 0 Å². The Balaban J connectivity index is 1.69. The number of amides is 1. The van der Waals surface area contributed by atoms with Crippen LogP contribution in [0.5, 0.6) is 0 Å². The number of benzene rings is 2. The summed E-state index contributed by atoms with van der Waals surface area (Å²) in [6.07, 6.45) is 5.71. The van der Waals surface area contributed by atoms with Crippen LogP contribution >= 0.6 is 11.6 Å². The number of nitrogens with zero attached hydrogens (tertiary/aromatic N) is 3. The maximum Gasteiger partial charge on any atom is 0.324 e. The summed E-state index contributed by atoms with van der Waals surface area (Å²) in [6.45, 7) is 0.139. The monoisotopic (exact) mass is 498 g/mol. The Hall–Kier alpha value is -4.41. The van der Waals surface area contributed by atoms with Crippen LogP contribution in [0.2, 0.25) is 0 Å². The number of ether oxygens (including phenoxy) is 1. The number of anilines is 1. The van der Waals surface area contributed by atoms with Crippen LogP contribution in [0.1, 0.15) is 23.1 Å². The first kappa shape index (κ1) is 24.7. The average Bonchev–Trinajstić information content (AvgIpc) is 2.93. The van der Waals surface area contributed by atoms with Gasteiger partial charge in [-0.3, -0.25) is 14.5 Å². The van der Waals surface area contributed by atoms with Gasteiger partial charge >= 0.3 is 5.97 Å². The van der Waals surface area contributed by atoms with E-state index in [9.17, 15) is 14.9 Å². The van der Waals surface area contributed by atoms with Gasteiger partial charge < -0.3 is 10.1 Å². The fourth-order valence-electron chi connectivity index (χ4n) is 3.73. The lowest BCUT2D eigenvalue weighted by Crippen LogP contribution is -2.41. The number of alkyl halides is 1. The Kier molecular flexibility index (Phi) is 8.12. The molecular weight excluding hydrogens is 476 g/mol. The maximum absolute atomic E-state index is 14.0. The number of pyridine rings is 1. The third-order valence-electron chi connectivity index (χ3n) is 5.51. The Morgan fingerprint density at radius 3 is 2.28 bits per heavy atom. The summed E-state index contributed by atoms with van der Waals surface area (Å²) in [7, 11) is 0. The topological polar surface area (TPSA) is 95.3 Å². The van der Waals surface area contributed by atoms with Crippen molar-refractivity contribution in [3.8, 4) is 6.07 Å². The zero-order valence-electron chi connectivity index (χ0n) is 19.2. The minimum absolute atomic E-state index is 0.139. The molecule has 3 atom stereocenters. The molecule has 3 unspecified atom stereocenters. The quantitative estimate of drug-likeness (QED) is 0.211. The third kappa shape index (κ3) is 5.98. The van der Waals surface area contributed by atoms with E-state index in [2.05, 4.69) is 10.3 Å². The molecule has 0 radical (unpaired) electrons. The van der Waals surface area contributed by atoms with Crippen molar-refractivity contribution < 1.29 is 14.3 Å². The van der Waals surface area contributed by atoms with Crippen LogP contribution in [0.4, 0.5) is 5.82 Å². The molecule has 0 bridgehead atoms. The molecule has 8 heteroatoms. The fraction of sp³-hybridized carbons (Fsp3) is 0.143. The molecule has 1 N–H and O–H groups in total. The Morgan fingerprint density at radius 1 is 1.03 bits per heavy atom. The SMILES string of the molecule is N#CC(OC(=O)C(C(=O)N(CC1=CNC(Cl)C=C1)c1ccccn1)c1ccccc1)c1ccccc1. The molecule has 3 aromatic rings. The van der Waals surface area contributed by atoms with E-state index < -0.39 is 23.9 Å². The number of halogens is 1. The van der Waals surface area contributed by atoms with Crippen LogP contribution in [0.15, 0.2) is 109 Å². The van der Waals surface area contributed by atoms with E-state index in [4.69, 9.17) is 16.3 Å². The predicted molar refractivity (Wildman–Crippen MR) is 137 cm³/mol. The summed E-state index contributed by atoms with van der Waals surface area (Å²) in [5.41, 5.74) is 1.39. The highest BCUT2D eigenvalue weighted by atomic mass is 35.5. The largest absolute Gasteiger partial charge is 0.441 e. The molecule has 4 rings (SSSR count). The lowest BCUT2D eigenvalue weighted by molar-refractivity contribution is -0.151. The predicted octanol–water partition coefficient (Wildman–Crippen LogP) is 4.61. The van der Waals surface area contributed by atoms with Crippen LogP contribution in [0, 0.1) is 11.3 Å². The summed E-state index contributed by atoms with van der Waals surface area (Å²) in [5, 5.41) is 12.7. The van der Waals surface area contributed by atoms with Crippen molar-refractivity contribution >= 4 is 29.3 Å². The summed E-state index contributed by atoms with van der Waals surface area (Å²) >= 11 is 6.06. The number of nitriles is 1. The summed E-state index contributed by atoms with van der Waals surface area (Å²) < 4.78 is 5.59. The Labute approximate surface area is 214 Å². The van der Waals surface area contributed by atoms with Crippen molar-refractivity contribution in [1.29, 1.82) is 5.26 Å². The lowest BCUT2D eigenvalue weighted by atomic mass is 9.97. The fourth-order valence-corrected chi connectivity index (χ4v) is 3.86. The molecule has 0 aliphatic carbocycles. The van der Waals surface area contributed by atoms with E-state index in [0.717, 1.165) is 5.57 Å². The highest BCUT2D eigenvalue weighted by Gasteiger charge is 2.36. The number of carbonyl (C=O) groups is 2. The Morgan fingerprint density at radius 2 is 1.69 bits per heavy atom. The minimum atomic E-state index is -1.31. The van der Waals surface area contributed by atoms with Gasteiger partial charge in [-0.25, -0.2) is 4.98 Å². The van der Waals surface area contributed by atoms with E-state index in [1.54, 1.807) is 97.3 Å². The molecule has 2 heterocycles. The molecule has 180 valence electrons. The van der Waals surface area contributed by atoms with E-state index in [-0.39, 0.29) is 12.0 Å². The van der Waals surface area contributed by atoms with Crippen molar-refractivity contribution in [3.63, 3.8) is 0 Å². The molecule has 36 heavy (non-hydrogen) atoms. The highest BCUT2D eigenvalue weighted by molar-refractivity contribution is 6.21. The van der Waals surface area contributed by atoms with Crippen molar-refractivity contribution in [2.24, 2.45) is 0 Å². The smallest absolute Gasteiger partial charge is 0.324 e. The van der Waals surface area contributed by atoms with Crippen molar-refractivity contribution in [2.45, 2.75) is 17.5 Å². The average molecular weight is 499 g/mol. The highest BCUT2D eigenvalue weighted by Crippen LogP contribution is 2.27. The number of hydrogen-bond acceptors (Lipinski definition) is 6. The molecule has 0 saturated heterocycles. The van der Waals surface area contributed by atoms with E-state index in [0.29, 0.717) is 16.9 Å². The molecule has 0 saturated carbocycles. The number of esters is 1. The second-order valence-corrected chi connectivity index (χ2v) is 8.43. The van der Waals surface area contributed by atoms with Crippen LogP contribution < -0.4 is 10.2 Å². The molecule has 2 aromatic carbocycles. The van der Waals surface area contributed by atoms with Gasteiger partial charge in [0.15, 0.2) is 5.92 Å². The van der Waals surface area contributed by atoms with Gasteiger partial charge in [0.1, 0.15) is 17.4 Å². The van der Waals surface area contributed by atoms with Crippen molar-refractivity contribution in [1.82, 2.24) is 10.3 Å². The van der Waals surface area contributed by atoms with Gasteiger partial charge in [0.2, 0.25) is 12.0 Å². The number of nitrogens with one attached hydrogen (secondary N) is 1. The van der Waals surface area contributed by atoms with E-state index in [1.165, 1.54) is 4.90 Å². The van der Waals surface area contributed by atoms with Crippen LogP contribution in [0.3, 0.4) is 0 Å². The first-order valence-electron chi connectivity index (χ1n) is 11.3. The number of carbonyl (C=O) groups excluding carboxylic acids is 2. The minimum Gasteiger partial charge on any atom is -0.441 e. The summed E-state index contributed by atoms with van der Waals surface area (Å²) in [6, 6.07) is 24.5. The Bertz CT molecular complexity index is 1290. The first-order valence-corrected chi connectivity index (χ1v) is 11.7. The van der Waals surface area contributed by atoms with Gasteiger partial charge in [-0.2, -0.15) is 5.26 Å². The van der Waals surface area contributed by atoms with Crippen LogP contribution in [-0.2, 0) is 14.3 Å². The molecule has 1 amide bonds. The lowest BCUT2D eigenvalue weighted by Gasteiger charge is -2.28. The number of dihydropyridines is 1. The van der Waals surface area contributed by atoms with Gasteiger partial charge in [-0.05, 0) is 29.3 Å². The molecule has 0 fully saturated rings. The van der Waals surface area contributed by atoms with Gasteiger partial charge in [0.05, 0.1) is 6.54 Å². The van der Waals surface area contributed by atoms with Crippen molar-refractivity contribution in [3.05, 3.63) is 120 Å². The van der Waals surface area contributed by atoms with Crippen LogP contribution in [0.25, 0.3) is 0 Å². The molecule has 1 aliphatic rings. The normalized spacial score (nSPS) is 16.0. The van der Waals surface area contributed by atoms with Gasteiger partial charge in [-0.15, -0.1) is 0 Å². The van der Waals surface area contributed by atoms with E-state index in [1.807, 2.05) is 12.1 Å². The zero-order valence-corrected chi connectivity index (χ0v) is 20.0. The molecule has 7 nitrogen and oxygen atoms in total. The first-order chi connectivity index (χ1) is 17.6. The van der Waals surface area contributed by atoms with Crippen molar-refractivity contribution in [2.75, 3.05) is 11.4 Å². The van der Waals surface area contributed by atoms with E-state index >= 15 is 0 Å². The number of rotatable bonds is 8. The molecule has 1 aliphatic heterocycles. The maximum atomic E-state index is 14.0. The second kappa shape index (κ2) is 11.8. The molecule has 0 spiro atoms.